The Bertz CT molecular complexity index is 1120. The van der Waals surface area contributed by atoms with Crippen molar-refractivity contribution >= 4 is 11.9 Å². The third kappa shape index (κ3) is 31.5. The first-order valence-electron chi connectivity index (χ1n) is 24.2. The van der Waals surface area contributed by atoms with E-state index < -0.39 is 49.4 Å². The predicted octanol–water partition coefficient (Wildman–Crippen LogP) is 10.8. The molecule has 10 heteroatoms. The van der Waals surface area contributed by atoms with Crippen molar-refractivity contribution in [1.29, 1.82) is 0 Å². The van der Waals surface area contributed by atoms with Gasteiger partial charge in [-0.1, -0.05) is 184 Å². The second kappa shape index (κ2) is 40.7. The van der Waals surface area contributed by atoms with Crippen LogP contribution in [0, 0.1) is 0 Å². The van der Waals surface area contributed by atoms with Crippen LogP contribution in [0.2, 0.25) is 0 Å². The van der Waals surface area contributed by atoms with Crippen LogP contribution in [0.4, 0.5) is 0 Å². The van der Waals surface area contributed by atoms with Gasteiger partial charge in [-0.2, -0.15) is 0 Å². The Morgan fingerprint density at radius 1 is 0.533 bits per heavy atom. The topological polar surface area (TPSA) is 152 Å². The van der Waals surface area contributed by atoms with Crippen LogP contribution in [-0.2, 0) is 28.5 Å². The zero-order valence-corrected chi connectivity index (χ0v) is 37.9. The highest BCUT2D eigenvalue weighted by atomic mass is 16.7. The lowest BCUT2D eigenvalue weighted by molar-refractivity contribution is -0.305. The number of hydrogen-bond acceptors (Lipinski definition) is 10. The summed E-state index contributed by atoms with van der Waals surface area (Å²) in [7, 11) is 0. The summed E-state index contributed by atoms with van der Waals surface area (Å²) in [4.78, 5) is 25.4. The lowest BCUT2D eigenvalue weighted by atomic mass is 9.99. The van der Waals surface area contributed by atoms with Crippen LogP contribution in [0.15, 0.2) is 48.6 Å². The van der Waals surface area contributed by atoms with Gasteiger partial charge < -0.3 is 39.4 Å². The molecule has 0 amide bonds. The summed E-state index contributed by atoms with van der Waals surface area (Å²) in [5.74, 6) is -0.829. The average Bonchev–Trinajstić information content (AvgIpc) is 3.25. The van der Waals surface area contributed by atoms with Gasteiger partial charge in [-0.15, -0.1) is 0 Å². The number of esters is 2. The number of carbonyl (C=O) groups is 2. The van der Waals surface area contributed by atoms with Gasteiger partial charge in [0.25, 0.3) is 0 Å². The summed E-state index contributed by atoms with van der Waals surface area (Å²) >= 11 is 0. The van der Waals surface area contributed by atoms with Gasteiger partial charge in [0.15, 0.2) is 12.4 Å². The Labute approximate surface area is 365 Å². The largest absolute Gasteiger partial charge is 0.462 e. The zero-order chi connectivity index (χ0) is 43.7. The molecular weight excluding hydrogens is 761 g/mol. The molecule has 0 bridgehead atoms. The van der Waals surface area contributed by atoms with Crippen LogP contribution in [0.1, 0.15) is 200 Å². The summed E-state index contributed by atoms with van der Waals surface area (Å²) in [6, 6.07) is 0. The van der Waals surface area contributed by atoms with Gasteiger partial charge >= 0.3 is 11.9 Å². The molecule has 1 heterocycles. The van der Waals surface area contributed by atoms with Gasteiger partial charge in [-0.25, -0.2) is 0 Å². The van der Waals surface area contributed by atoms with E-state index in [9.17, 15) is 30.0 Å². The third-order valence-electron chi connectivity index (χ3n) is 11.0. The van der Waals surface area contributed by atoms with E-state index in [0.717, 1.165) is 70.6 Å². The lowest BCUT2D eigenvalue weighted by Crippen LogP contribution is -2.59. The second-order valence-corrected chi connectivity index (χ2v) is 16.5. The highest BCUT2D eigenvalue weighted by molar-refractivity contribution is 5.70. The van der Waals surface area contributed by atoms with Crippen LogP contribution in [0.25, 0.3) is 0 Å². The van der Waals surface area contributed by atoms with Crippen LogP contribution in [0.3, 0.4) is 0 Å². The van der Waals surface area contributed by atoms with Crippen molar-refractivity contribution in [3.63, 3.8) is 0 Å². The van der Waals surface area contributed by atoms with E-state index in [0.29, 0.717) is 6.42 Å². The molecule has 0 aliphatic carbocycles. The van der Waals surface area contributed by atoms with Gasteiger partial charge in [0, 0.05) is 12.8 Å². The molecule has 1 rings (SSSR count). The van der Waals surface area contributed by atoms with Gasteiger partial charge in [0.1, 0.15) is 31.0 Å². The Kier molecular flexibility index (Phi) is 37.8. The van der Waals surface area contributed by atoms with E-state index in [-0.39, 0.29) is 32.0 Å². The van der Waals surface area contributed by atoms with Crippen molar-refractivity contribution in [2.75, 3.05) is 19.8 Å². The number of ether oxygens (including phenoxy) is 4. The molecule has 6 atom stereocenters. The molecular formula is C50H88O10. The minimum Gasteiger partial charge on any atom is -0.462 e. The van der Waals surface area contributed by atoms with E-state index >= 15 is 0 Å². The van der Waals surface area contributed by atoms with Crippen molar-refractivity contribution in [2.24, 2.45) is 0 Å². The van der Waals surface area contributed by atoms with Crippen molar-refractivity contribution in [2.45, 2.75) is 237 Å². The first-order chi connectivity index (χ1) is 29.3. The van der Waals surface area contributed by atoms with Gasteiger partial charge in [0.05, 0.1) is 13.2 Å². The number of aliphatic hydroxyl groups is 4. The minimum absolute atomic E-state index is 0.202. The maximum atomic E-state index is 12.8. The van der Waals surface area contributed by atoms with Gasteiger partial charge in [-0.05, 0) is 51.4 Å². The first-order valence-corrected chi connectivity index (χ1v) is 24.2. The van der Waals surface area contributed by atoms with E-state index in [2.05, 4.69) is 62.5 Å². The number of aliphatic hydroxyl groups excluding tert-OH is 4. The third-order valence-corrected chi connectivity index (χ3v) is 11.0. The summed E-state index contributed by atoms with van der Waals surface area (Å²) in [6.45, 7) is 3.30. The SMILES string of the molecule is CC/C=C\C/C=C\C/C=C\C/C=C\CCCCCCC(=O)OC(COC(=O)CCCCCCCCCCCCCCCCCCCC)COC1OC(CO)C(O)C(O)C1O. The predicted molar refractivity (Wildman–Crippen MR) is 242 cm³/mol. The van der Waals surface area contributed by atoms with E-state index in [4.69, 9.17) is 18.9 Å². The summed E-state index contributed by atoms with van der Waals surface area (Å²) in [5, 5.41) is 40.1. The molecule has 6 unspecified atom stereocenters. The maximum Gasteiger partial charge on any atom is 0.306 e. The molecule has 348 valence electrons. The number of carbonyl (C=O) groups excluding carboxylic acids is 2. The normalized spacial score (nSPS) is 20.3. The average molecular weight is 849 g/mol. The van der Waals surface area contributed by atoms with Gasteiger partial charge in [0.2, 0.25) is 0 Å². The molecule has 4 N–H and O–H groups in total. The summed E-state index contributed by atoms with van der Waals surface area (Å²) in [5.41, 5.74) is 0. The molecule has 1 saturated heterocycles. The highest BCUT2D eigenvalue weighted by Gasteiger charge is 2.44. The molecule has 0 spiro atoms. The number of rotatable bonds is 40. The fraction of sp³-hybridized carbons (Fsp3) is 0.800. The van der Waals surface area contributed by atoms with E-state index in [1.54, 1.807) is 0 Å². The Morgan fingerprint density at radius 2 is 0.983 bits per heavy atom. The van der Waals surface area contributed by atoms with Crippen LogP contribution < -0.4 is 0 Å². The molecule has 0 radical (unpaired) electrons. The molecule has 0 aromatic rings. The minimum atomic E-state index is -1.60. The van der Waals surface area contributed by atoms with Crippen LogP contribution in [-0.4, -0.2) is 89.0 Å². The Morgan fingerprint density at radius 3 is 1.48 bits per heavy atom. The number of hydrogen-bond donors (Lipinski definition) is 4. The van der Waals surface area contributed by atoms with Crippen LogP contribution in [0.5, 0.6) is 0 Å². The quantitative estimate of drug-likeness (QED) is 0.0266. The molecule has 1 fully saturated rings. The maximum absolute atomic E-state index is 12.8. The lowest BCUT2D eigenvalue weighted by Gasteiger charge is -2.39. The highest BCUT2D eigenvalue weighted by Crippen LogP contribution is 2.23. The summed E-state index contributed by atoms with van der Waals surface area (Å²) < 4.78 is 22.2. The standard InChI is InChI=1S/C50H88O10/c1-3-5-7-9-11-13-15-17-19-21-23-24-26-28-30-32-34-36-38-45(52)57-41-43(42-58-50-49(56)48(55)47(54)44(40-51)60-50)59-46(53)39-37-35-33-31-29-27-25-22-20-18-16-14-12-10-8-6-4-2/h6,8,12,14,18,20,25,27,43-44,47-51,54-56H,3-5,7,9-11,13,15-17,19,21-24,26,28-42H2,1-2H3/b8-6-,14-12-,20-18-,27-25-. The molecule has 0 saturated carbocycles. The van der Waals surface area contributed by atoms with Crippen LogP contribution >= 0.6 is 0 Å². The molecule has 0 aromatic carbocycles. The first kappa shape index (κ1) is 55.7. The van der Waals surface area contributed by atoms with Gasteiger partial charge in [-0.3, -0.25) is 9.59 Å². The molecule has 1 aliphatic heterocycles. The van der Waals surface area contributed by atoms with Crippen molar-refractivity contribution in [3.8, 4) is 0 Å². The molecule has 60 heavy (non-hydrogen) atoms. The monoisotopic (exact) mass is 849 g/mol. The van der Waals surface area contributed by atoms with E-state index in [1.165, 1.54) is 96.3 Å². The van der Waals surface area contributed by atoms with E-state index in [1.807, 2.05) is 0 Å². The number of allylic oxidation sites excluding steroid dienone is 8. The Balaban J connectivity index is 2.30. The second-order valence-electron chi connectivity index (χ2n) is 16.5. The summed E-state index contributed by atoms with van der Waals surface area (Å²) in [6.07, 6.45) is 41.1. The molecule has 0 aromatic heterocycles. The molecule has 10 nitrogen and oxygen atoms in total. The van der Waals surface area contributed by atoms with Crippen molar-refractivity contribution in [3.05, 3.63) is 48.6 Å². The molecule has 1 aliphatic rings. The van der Waals surface area contributed by atoms with Crippen molar-refractivity contribution in [1.82, 2.24) is 0 Å². The fourth-order valence-corrected chi connectivity index (χ4v) is 7.18. The zero-order valence-electron chi connectivity index (χ0n) is 37.9. The number of unbranched alkanes of at least 4 members (excludes halogenated alkanes) is 21. The van der Waals surface area contributed by atoms with Crippen molar-refractivity contribution < 1.29 is 49.0 Å². The fourth-order valence-electron chi connectivity index (χ4n) is 7.18. The Hall–Kier alpha value is -2.34. The smallest absolute Gasteiger partial charge is 0.306 e.